The van der Waals surface area contributed by atoms with Gasteiger partial charge in [0.05, 0.1) is 27.2 Å². The van der Waals surface area contributed by atoms with E-state index in [4.69, 9.17) is 0 Å². The Hall–Kier alpha value is 0.260. The van der Waals surface area contributed by atoms with E-state index in [1.807, 2.05) is 14.1 Å². The fraction of sp³-hybridized carbons (Fsp3) is 1.00. The van der Waals surface area contributed by atoms with E-state index in [0.29, 0.717) is 6.54 Å². The lowest BCUT2D eigenvalue weighted by atomic mass is 9.88. The average molecular weight is 314 g/mol. The minimum absolute atomic E-state index is 0.00593. The van der Waals surface area contributed by atoms with Crippen molar-refractivity contribution in [1.82, 2.24) is 0 Å². The maximum absolute atomic E-state index is 11.7. The van der Waals surface area contributed by atoms with Gasteiger partial charge in [-0.1, -0.05) is 0 Å². The van der Waals surface area contributed by atoms with Crippen LogP contribution >= 0.6 is 15.2 Å². The first kappa shape index (κ1) is 15.6. The molecule has 0 aromatic carbocycles. The highest BCUT2D eigenvalue weighted by molar-refractivity contribution is 7.72. The molecule has 19 heavy (non-hydrogen) atoms. The fourth-order valence-electron chi connectivity index (χ4n) is 3.69. The van der Waals surface area contributed by atoms with E-state index in [2.05, 4.69) is 0 Å². The van der Waals surface area contributed by atoms with Gasteiger partial charge in [0.25, 0.3) is 0 Å². The van der Waals surface area contributed by atoms with E-state index in [1.54, 1.807) is 0 Å². The van der Waals surface area contributed by atoms with Gasteiger partial charge in [-0.15, -0.1) is 0 Å². The van der Waals surface area contributed by atoms with Crippen LogP contribution in [0.2, 0.25) is 0 Å². The largest absolute Gasteiger partial charge is 0.343 e. The van der Waals surface area contributed by atoms with E-state index in [0.717, 1.165) is 17.4 Å². The molecule has 4 N–H and O–H groups in total. The molecule has 2 fully saturated rings. The van der Waals surface area contributed by atoms with Crippen molar-refractivity contribution in [2.45, 2.75) is 24.2 Å². The lowest BCUT2D eigenvalue weighted by molar-refractivity contribution is -0.900. The van der Waals surface area contributed by atoms with Gasteiger partial charge in [0.1, 0.15) is 0 Å². The molecule has 2 aliphatic rings. The summed E-state index contributed by atoms with van der Waals surface area (Å²) in [7, 11) is -5.64. The van der Waals surface area contributed by atoms with Crippen LogP contribution in [-0.4, -0.2) is 56.1 Å². The van der Waals surface area contributed by atoms with Crippen LogP contribution in [0.5, 0.6) is 0 Å². The summed E-state index contributed by atoms with van der Waals surface area (Å²) < 4.78 is 24.1. The van der Waals surface area contributed by atoms with Crippen LogP contribution in [-0.2, 0) is 9.13 Å². The quantitative estimate of drug-likeness (QED) is 0.437. The van der Waals surface area contributed by atoms with Crippen molar-refractivity contribution >= 4 is 15.2 Å². The van der Waals surface area contributed by atoms with Gasteiger partial charge in [0.15, 0.2) is 4.90 Å². The van der Waals surface area contributed by atoms with Gasteiger partial charge in [-0.3, -0.25) is 9.13 Å². The molecule has 1 aliphatic carbocycles. The molecule has 1 aliphatic heterocycles. The Balaban J connectivity index is 2.37. The summed E-state index contributed by atoms with van der Waals surface area (Å²) in [6.07, 6.45) is 0.625. The number of piperidine rings is 1. The second kappa shape index (κ2) is 4.38. The summed E-state index contributed by atoms with van der Waals surface area (Å²) in [5.41, 5.74) is 0. The molecule has 0 aromatic heterocycles. The van der Waals surface area contributed by atoms with Crippen molar-refractivity contribution in [3.8, 4) is 0 Å². The number of nitrogens with zero attached hydrogens (tertiary/aromatic N) is 1. The Kier molecular flexibility index (Phi) is 3.60. The molecular weight excluding hydrogens is 292 g/mol. The monoisotopic (exact) mass is 314 g/mol. The molecule has 0 bridgehead atoms. The predicted molar refractivity (Wildman–Crippen MR) is 69.5 cm³/mol. The molecule has 2 rings (SSSR count). The van der Waals surface area contributed by atoms with E-state index >= 15 is 0 Å². The summed E-state index contributed by atoms with van der Waals surface area (Å²) >= 11 is 0. The van der Waals surface area contributed by atoms with Crippen LogP contribution in [0, 0.1) is 11.8 Å². The first-order chi connectivity index (χ1) is 8.38. The van der Waals surface area contributed by atoms with Gasteiger partial charge in [-0.25, -0.2) is 0 Å². The smallest absolute Gasteiger partial charge is 0.328 e. The van der Waals surface area contributed by atoms with Crippen LogP contribution in [0.1, 0.15) is 19.3 Å². The normalized spacial score (nSPS) is 34.0. The minimum atomic E-state index is -4.85. The van der Waals surface area contributed by atoms with E-state index in [-0.39, 0.29) is 24.7 Å². The van der Waals surface area contributed by atoms with E-state index < -0.39 is 20.1 Å². The number of likely N-dealkylation sites (tertiary alicyclic amines) is 1. The highest BCUT2D eigenvalue weighted by Gasteiger charge is 2.66. The molecular formula is C10H22NO6P2+. The lowest BCUT2D eigenvalue weighted by Gasteiger charge is -2.39. The van der Waals surface area contributed by atoms with Crippen molar-refractivity contribution in [3.05, 3.63) is 0 Å². The van der Waals surface area contributed by atoms with Crippen molar-refractivity contribution in [2.75, 3.05) is 27.2 Å². The first-order valence-electron chi connectivity index (χ1n) is 6.31. The van der Waals surface area contributed by atoms with Crippen molar-refractivity contribution in [1.29, 1.82) is 0 Å². The van der Waals surface area contributed by atoms with Gasteiger partial charge in [-0.2, -0.15) is 0 Å². The van der Waals surface area contributed by atoms with Crippen LogP contribution in [0.4, 0.5) is 0 Å². The summed E-state index contributed by atoms with van der Waals surface area (Å²) in [6, 6.07) is 0. The third-order valence-electron chi connectivity index (χ3n) is 4.76. The number of hydrogen-bond acceptors (Lipinski definition) is 2. The molecule has 0 spiro atoms. The second-order valence-electron chi connectivity index (χ2n) is 6.63. The van der Waals surface area contributed by atoms with Gasteiger partial charge >= 0.3 is 15.2 Å². The number of quaternary nitrogens is 1. The SMILES string of the molecule is C[N+]1(C)CCC2CC(P(=O)(O)O)(P(=O)(O)O)CC2C1. The van der Waals surface area contributed by atoms with Crippen molar-refractivity contribution in [2.24, 2.45) is 11.8 Å². The van der Waals surface area contributed by atoms with Crippen molar-refractivity contribution in [3.63, 3.8) is 0 Å². The molecule has 112 valence electrons. The molecule has 1 saturated heterocycles. The molecule has 0 radical (unpaired) electrons. The Morgan fingerprint density at radius 3 is 1.95 bits per heavy atom. The summed E-state index contributed by atoms with van der Waals surface area (Å²) in [5.74, 6) is -0.0181. The lowest BCUT2D eigenvalue weighted by Crippen LogP contribution is -2.49. The fourth-order valence-corrected chi connectivity index (χ4v) is 6.94. The minimum Gasteiger partial charge on any atom is -0.328 e. The zero-order valence-electron chi connectivity index (χ0n) is 11.1. The Bertz CT molecular complexity index is 445. The van der Waals surface area contributed by atoms with Gasteiger partial charge in [-0.05, 0) is 25.2 Å². The molecule has 1 heterocycles. The third kappa shape index (κ3) is 2.58. The third-order valence-corrected chi connectivity index (χ3v) is 9.23. The molecule has 0 aromatic rings. The maximum atomic E-state index is 11.7. The van der Waals surface area contributed by atoms with Crippen LogP contribution < -0.4 is 0 Å². The molecule has 2 unspecified atom stereocenters. The number of rotatable bonds is 2. The van der Waals surface area contributed by atoms with Gasteiger partial charge in [0, 0.05) is 5.92 Å². The zero-order chi connectivity index (χ0) is 14.7. The van der Waals surface area contributed by atoms with Gasteiger partial charge in [0.2, 0.25) is 0 Å². The van der Waals surface area contributed by atoms with Crippen LogP contribution in [0.15, 0.2) is 0 Å². The number of hydrogen-bond donors (Lipinski definition) is 4. The van der Waals surface area contributed by atoms with Crippen LogP contribution in [0.25, 0.3) is 0 Å². The Labute approximate surface area is 112 Å². The highest BCUT2D eigenvalue weighted by atomic mass is 31.2. The molecule has 0 amide bonds. The topological polar surface area (TPSA) is 115 Å². The highest BCUT2D eigenvalue weighted by Crippen LogP contribution is 2.77. The predicted octanol–water partition coefficient (Wildman–Crippen LogP) is 0.544. The van der Waals surface area contributed by atoms with Crippen LogP contribution in [0.3, 0.4) is 0 Å². The average Bonchev–Trinajstić information content (AvgIpc) is 2.53. The Morgan fingerprint density at radius 1 is 1.00 bits per heavy atom. The summed E-state index contributed by atoms with van der Waals surface area (Å²) in [4.78, 5) is 35.8. The second-order valence-corrected chi connectivity index (χ2v) is 10.9. The van der Waals surface area contributed by atoms with E-state index in [1.165, 1.54) is 0 Å². The number of fused-ring (bicyclic) bond motifs is 1. The van der Waals surface area contributed by atoms with Crippen molar-refractivity contribution < 1.29 is 33.2 Å². The Morgan fingerprint density at radius 2 is 1.47 bits per heavy atom. The molecule has 2 atom stereocenters. The van der Waals surface area contributed by atoms with E-state index in [9.17, 15) is 28.7 Å². The standard InChI is InChI=1S/C10H21NO6P2/c1-11(2)4-3-8-5-10(18(12,13)14,19(15,16)17)6-9(8)7-11/h8-9H,3-7H2,1-2H3,(H3-,12,13,14,15,16,17)/p+1. The zero-order valence-corrected chi connectivity index (χ0v) is 12.9. The maximum Gasteiger partial charge on any atom is 0.343 e. The molecule has 1 saturated carbocycles. The summed E-state index contributed by atoms with van der Waals surface area (Å²) in [5, 5.41) is 0. The molecule has 7 nitrogen and oxygen atoms in total. The first-order valence-corrected chi connectivity index (χ1v) is 9.54. The molecule has 9 heteroatoms. The summed E-state index contributed by atoms with van der Waals surface area (Å²) in [6.45, 7) is 1.59. The van der Waals surface area contributed by atoms with Gasteiger partial charge < -0.3 is 24.1 Å².